The van der Waals surface area contributed by atoms with Gasteiger partial charge in [-0.05, 0) is 38.1 Å². The average molecular weight is 359 g/mol. The lowest BCUT2D eigenvalue weighted by molar-refractivity contribution is 0.0686. The fraction of sp³-hybridized carbons (Fsp3) is 0.389. The van der Waals surface area contributed by atoms with Gasteiger partial charge in [-0.25, -0.2) is 14.2 Å². The van der Waals surface area contributed by atoms with Crippen LogP contribution in [-0.2, 0) is 6.54 Å². The Bertz CT molecular complexity index is 925. The van der Waals surface area contributed by atoms with Crippen molar-refractivity contribution in [1.29, 1.82) is 0 Å². The first-order valence-corrected chi connectivity index (χ1v) is 8.50. The number of nitrogens with one attached hydrogen (secondary N) is 1. The summed E-state index contributed by atoms with van der Waals surface area (Å²) < 4.78 is 6.17. The molecule has 8 nitrogen and oxygen atoms in total. The Hall–Kier alpha value is -2.87. The minimum atomic E-state index is -1.32. The zero-order chi connectivity index (χ0) is 18.7. The maximum absolute atomic E-state index is 13.1. The molecule has 1 aliphatic heterocycles. The SMILES string of the molecule is COc1ccccc1-n1c(=O)[nH]c(C(=O)O)c(CN2CCCCC2)c1=O. The lowest BCUT2D eigenvalue weighted by Gasteiger charge is -2.26. The van der Waals surface area contributed by atoms with Gasteiger partial charge >= 0.3 is 11.7 Å². The molecule has 138 valence electrons. The third-order valence-corrected chi connectivity index (χ3v) is 4.57. The third-order valence-electron chi connectivity index (χ3n) is 4.57. The number of carboxylic acid groups (broad SMARTS) is 1. The number of nitrogens with zero attached hydrogens (tertiary/aromatic N) is 2. The maximum atomic E-state index is 13.1. The van der Waals surface area contributed by atoms with E-state index in [1.165, 1.54) is 7.11 Å². The standard InChI is InChI=1S/C18H21N3O5/c1-26-14-8-4-3-7-13(14)21-16(22)12(11-20-9-5-2-6-10-20)15(17(23)24)19-18(21)25/h3-4,7-8H,2,5-6,9-11H2,1H3,(H,19,25)(H,23,24). The van der Waals surface area contributed by atoms with Crippen LogP contribution in [0.4, 0.5) is 0 Å². The molecule has 0 spiro atoms. The number of likely N-dealkylation sites (tertiary alicyclic amines) is 1. The van der Waals surface area contributed by atoms with E-state index in [1.54, 1.807) is 24.3 Å². The van der Waals surface area contributed by atoms with Crippen molar-refractivity contribution in [3.05, 3.63) is 56.4 Å². The molecule has 8 heteroatoms. The van der Waals surface area contributed by atoms with E-state index in [1.807, 2.05) is 4.90 Å². The number of aromatic nitrogens is 2. The Morgan fingerprint density at radius 1 is 1.19 bits per heavy atom. The Balaban J connectivity index is 2.17. The Kier molecular flexibility index (Phi) is 5.22. The number of carboxylic acids is 1. The van der Waals surface area contributed by atoms with Crippen LogP contribution in [0, 0.1) is 0 Å². The molecule has 1 aromatic carbocycles. The van der Waals surface area contributed by atoms with Crippen LogP contribution in [-0.4, -0.2) is 45.7 Å². The Morgan fingerprint density at radius 3 is 2.54 bits per heavy atom. The summed E-state index contributed by atoms with van der Waals surface area (Å²) in [5, 5.41) is 9.44. The topological polar surface area (TPSA) is 105 Å². The summed E-state index contributed by atoms with van der Waals surface area (Å²) in [5.41, 5.74) is -1.44. The number of methoxy groups -OCH3 is 1. The lowest BCUT2D eigenvalue weighted by atomic mass is 10.1. The van der Waals surface area contributed by atoms with Crippen LogP contribution >= 0.6 is 0 Å². The lowest BCUT2D eigenvalue weighted by Crippen LogP contribution is -2.41. The number of rotatable bonds is 5. The molecule has 3 rings (SSSR count). The van der Waals surface area contributed by atoms with Crippen LogP contribution < -0.4 is 16.0 Å². The number of benzene rings is 1. The van der Waals surface area contributed by atoms with Crippen LogP contribution in [0.25, 0.3) is 5.69 Å². The highest BCUT2D eigenvalue weighted by molar-refractivity contribution is 5.86. The molecule has 2 N–H and O–H groups in total. The second-order valence-electron chi connectivity index (χ2n) is 6.24. The fourth-order valence-electron chi connectivity index (χ4n) is 3.28. The van der Waals surface area contributed by atoms with Gasteiger partial charge in [0.15, 0.2) is 0 Å². The number of aromatic amines is 1. The monoisotopic (exact) mass is 359 g/mol. The predicted octanol–water partition coefficient (Wildman–Crippen LogP) is 1.22. The average Bonchev–Trinajstić information content (AvgIpc) is 2.65. The van der Waals surface area contributed by atoms with Crippen molar-refractivity contribution in [2.24, 2.45) is 0 Å². The highest BCUT2D eigenvalue weighted by Crippen LogP contribution is 2.20. The second kappa shape index (κ2) is 7.57. The van der Waals surface area contributed by atoms with Crippen LogP contribution in [0.3, 0.4) is 0 Å². The van der Waals surface area contributed by atoms with Crippen LogP contribution in [0.2, 0.25) is 0 Å². The first-order valence-electron chi connectivity index (χ1n) is 8.50. The summed E-state index contributed by atoms with van der Waals surface area (Å²) in [6.45, 7) is 1.78. The minimum Gasteiger partial charge on any atom is -0.495 e. The first kappa shape index (κ1) is 17.9. The molecular formula is C18H21N3O5. The quantitative estimate of drug-likeness (QED) is 0.832. The molecular weight excluding hydrogens is 338 g/mol. The first-order chi connectivity index (χ1) is 12.5. The van der Waals surface area contributed by atoms with E-state index >= 15 is 0 Å². The molecule has 0 unspecified atom stereocenters. The summed E-state index contributed by atoms with van der Waals surface area (Å²) >= 11 is 0. The zero-order valence-electron chi connectivity index (χ0n) is 14.5. The van der Waals surface area contributed by atoms with Crippen molar-refractivity contribution in [3.63, 3.8) is 0 Å². The Labute approximate surface area is 149 Å². The number of carbonyl (C=O) groups is 1. The van der Waals surface area contributed by atoms with Crippen molar-refractivity contribution < 1.29 is 14.6 Å². The Morgan fingerprint density at radius 2 is 1.88 bits per heavy atom. The summed E-state index contributed by atoms with van der Waals surface area (Å²) in [6, 6.07) is 6.62. The molecule has 0 bridgehead atoms. The van der Waals surface area contributed by atoms with E-state index in [9.17, 15) is 19.5 Å². The van der Waals surface area contributed by atoms with Crippen molar-refractivity contribution in [1.82, 2.24) is 14.5 Å². The number of hydrogen-bond acceptors (Lipinski definition) is 5. The number of piperidine rings is 1. The van der Waals surface area contributed by atoms with Gasteiger partial charge in [0.2, 0.25) is 0 Å². The summed E-state index contributed by atoms with van der Waals surface area (Å²) in [5.74, 6) is -0.967. The highest BCUT2D eigenvalue weighted by Gasteiger charge is 2.23. The van der Waals surface area contributed by atoms with Gasteiger partial charge in [-0.15, -0.1) is 0 Å². The number of H-pyrrole nitrogens is 1. The van der Waals surface area contributed by atoms with Crippen molar-refractivity contribution in [2.75, 3.05) is 20.2 Å². The summed E-state index contributed by atoms with van der Waals surface area (Å²) in [7, 11) is 1.44. The minimum absolute atomic E-state index is 0.0740. The molecule has 0 atom stereocenters. The highest BCUT2D eigenvalue weighted by atomic mass is 16.5. The molecule has 1 fully saturated rings. The van der Waals surface area contributed by atoms with Crippen molar-refractivity contribution in [3.8, 4) is 11.4 Å². The number of ether oxygens (including phenoxy) is 1. The van der Waals surface area contributed by atoms with Gasteiger partial charge in [-0.3, -0.25) is 9.69 Å². The molecule has 0 saturated carbocycles. The third kappa shape index (κ3) is 3.41. The van der Waals surface area contributed by atoms with E-state index in [0.29, 0.717) is 5.75 Å². The van der Waals surface area contributed by atoms with Crippen molar-refractivity contribution in [2.45, 2.75) is 25.8 Å². The molecule has 2 heterocycles. The van der Waals surface area contributed by atoms with E-state index in [0.717, 1.165) is 36.9 Å². The van der Waals surface area contributed by atoms with Gasteiger partial charge in [-0.2, -0.15) is 0 Å². The fourth-order valence-corrected chi connectivity index (χ4v) is 3.28. The van der Waals surface area contributed by atoms with Gasteiger partial charge < -0.3 is 14.8 Å². The number of para-hydroxylation sites is 2. The molecule has 0 radical (unpaired) electrons. The van der Waals surface area contributed by atoms with Gasteiger partial charge in [0.05, 0.1) is 18.4 Å². The maximum Gasteiger partial charge on any atom is 0.352 e. The largest absolute Gasteiger partial charge is 0.495 e. The summed E-state index contributed by atoms with van der Waals surface area (Å²) in [4.78, 5) is 41.5. The van der Waals surface area contributed by atoms with E-state index in [4.69, 9.17) is 4.74 Å². The normalized spacial score (nSPS) is 15.0. The van der Waals surface area contributed by atoms with Crippen molar-refractivity contribution >= 4 is 5.97 Å². The molecule has 1 aromatic heterocycles. The van der Waals surface area contributed by atoms with Gasteiger partial charge in [-0.1, -0.05) is 18.6 Å². The predicted molar refractivity (Wildman–Crippen MR) is 95.3 cm³/mol. The molecule has 26 heavy (non-hydrogen) atoms. The van der Waals surface area contributed by atoms with E-state index in [-0.39, 0.29) is 23.5 Å². The van der Waals surface area contributed by atoms with Crippen LogP contribution in [0.15, 0.2) is 33.9 Å². The second-order valence-corrected chi connectivity index (χ2v) is 6.24. The smallest absolute Gasteiger partial charge is 0.352 e. The number of hydrogen-bond donors (Lipinski definition) is 2. The molecule has 1 aliphatic rings. The summed E-state index contributed by atoms with van der Waals surface area (Å²) in [6.07, 6.45) is 3.14. The molecule has 1 saturated heterocycles. The van der Waals surface area contributed by atoms with Gasteiger partial charge in [0.1, 0.15) is 11.4 Å². The van der Waals surface area contributed by atoms with Gasteiger partial charge in [0, 0.05) is 6.54 Å². The molecule has 0 aliphatic carbocycles. The van der Waals surface area contributed by atoms with Gasteiger partial charge in [0.25, 0.3) is 5.56 Å². The van der Waals surface area contributed by atoms with Crippen LogP contribution in [0.1, 0.15) is 35.3 Å². The van der Waals surface area contributed by atoms with Crippen LogP contribution in [0.5, 0.6) is 5.75 Å². The molecule has 2 aromatic rings. The zero-order valence-corrected chi connectivity index (χ0v) is 14.5. The molecule has 0 amide bonds. The van der Waals surface area contributed by atoms with E-state index < -0.39 is 17.2 Å². The number of aromatic carboxylic acids is 1. The van der Waals surface area contributed by atoms with E-state index in [2.05, 4.69) is 4.98 Å².